The number of carbonyl (C=O) groups excluding carboxylic acids is 1. The van der Waals surface area contributed by atoms with E-state index in [9.17, 15) is 4.79 Å². The third-order valence-electron chi connectivity index (χ3n) is 2.04. The monoisotopic (exact) mass is 177 g/mol. The van der Waals surface area contributed by atoms with E-state index in [0.717, 1.165) is 30.5 Å². The van der Waals surface area contributed by atoms with Crippen LogP contribution in [0.15, 0.2) is 18.3 Å². The third kappa shape index (κ3) is 2.65. The van der Waals surface area contributed by atoms with Crippen molar-refractivity contribution in [3.8, 4) is 0 Å². The van der Waals surface area contributed by atoms with Gasteiger partial charge in [-0.1, -0.05) is 13.3 Å². The van der Waals surface area contributed by atoms with E-state index >= 15 is 0 Å². The van der Waals surface area contributed by atoms with Crippen molar-refractivity contribution in [3.05, 3.63) is 29.6 Å². The van der Waals surface area contributed by atoms with Crippen molar-refractivity contribution in [2.24, 2.45) is 0 Å². The highest BCUT2D eigenvalue weighted by atomic mass is 16.1. The zero-order valence-corrected chi connectivity index (χ0v) is 8.21. The number of unbranched alkanes of at least 4 members (excludes halogenated alkanes) is 1. The van der Waals surface area contributed by atoms with Gasteiger partial charge < -0.3 is 0 Å². The molecule has 70 valence electrons. The molecule has 0 fully saturated rings. The zero-order chi connectivity index (χ0) is 9.68. The fourth-order valence-corrected chi connectivity index (χ4v) is 1.30. The van der Waals surface area contributed by atoms with Gasteiger partial charge in [-0.2, -0.15) is 0 Å². The minimum atomic E-state index is 0.110. The van der Waals surface area contributed by atoms with Crippen LogP contribution in [0.3, 0.4) is 0 Å². The number of hydrogen-bond acceptors (Lipinski definition) is 2. The molecule has 0 aliphatic rings. The van der Waals surface area contributed by atoms with Crippen LogP contribution in [0, 0.1) is 0 Å². The van der Waals surface area contributed by atoms with Crippen LogP contribution >= 0.6 is 0 Å². The summed E-state index contributed by atoms with van der Waals surface area (Å²) in [4.78, 5) is 15.4. The minimum Gasteiger partial charge on any atom is -0.294 e. The Bertz CT molecular complexity index is 294. The van der Waals surface area contributed by atoms with E-state index in [-0.39, 0.29) is 5.78 Å². The molecular weight excluding hydrogens is 162 g/mol. The fourth-order valence-electron chi connectivity index (χ4n) is 1.30. The van der Waals surface area contributed by atoms with E-state index in [4.69, 9.17) is 0 Å². The van der Waals surface area contributed by atoms with Crippen molar-refractivity contribution in [2.75, 3.05) is 0 Å². The Morgan fingerprint density at radius 2 is 2.31 bits per heavy atom. The first kappa shape index (κ1) is 9.90. The van der Waals surface area contributed by atoms with Crippen molar-refractivity contribution in [1.82, 2.24) is 4.98 Å². The van der Waals surface area contributed by atoms with Gasteiger partial charge in [-0.05, 0) is 31.9 Å². The molecule has 1 rings (SSSR count). The summed E-state index contributed by atoms with van der Waals surface area (Å²) >= 11 is 0. The Balaban J connectivity index is 2.84. The van der Waals surface area contributed by atoms with Crippen LogP contribution in [-0.4, -0.2) is 10.8 Å². The highest BCUT2D eigenvalue weighted by molar-refractivity contribution is 5.95. The molecule has 1 aromatic rings. The summed E-state index contributed by atoms with van der Waals surface area (Å²) in [5.41, 5.74) is 1.72. The minimum absolute atomic E-state index is 0.110. The number of Topliss-reactive ketones (excluding diaryl/α,β-unsaturated/α-hetero) is 1. The first-order chi connectivity index (χ1) is 6.25. The van der Waals surface area contributed by atoms with Gasteiger partial charge in [-0.15, -0.1) is 0 Å². The molecule has 0 aliphatic carbocycles. The summed E-state index contributed by atoms with van der Waals surface area (Å²) in [6.07, 6.45) is 4.88. The van der Waals surface area contributed by atoms with Crippen LogP contribution in [0.5, 0.6) is 0 Å². The number of aryl methyl sites for hydroxylation is 1. The van der Waals surface area contributed by atoms with Gasteiger partial charge in [-0.25, -0.2) is 0 Å². The van der Waals surface area contributed by atoms with Crippen molar-refractivity contribution in [2.45, 2.75) is 33.1 Å². The lowest BCUT2D eigenvalue weighted by molar-refractivity contribution is 0.101. The molecule has 0 aliphatic heterocycles. The van der Waals surface area contributed by atoms with Crippen molar-refractivity contribution in [3.63, 3.8) is 0 Å². The maximum atomic E-state index is 11.2. The molecule has 0 saturated heterocycles. The lowest BCUT2D eigenvalue weighted by Crippen LogP contribution is -2.01. The highest BCUT2D eigenvalue weighted by Crippen LogP contribution is 2.09. The fraction of sp³-hybridized carbons (Fsp3) is 0.455. The third-order valence-corrected chi connectivity index (χ3v) is 2.04. The second-order valence-corrected chi connectivity index (χ2v) is 3.16. The number of hydrogen-bond donors (Lipinski definition) is 0. The predicted molar refractivity (Wildman–Crippen MR) is 52.9 cm³/mol. The van der Waals surface area contributed by atoms with Gasteiger partial charge in [0.15, 0.2) is 5.78 Å². The first-order valence-corrected chi connectivity index (χ1v) is 4.70. The number of aromatic nitrogens is 1. The van der Waals surface area contributed by atoms with Gasteiger partial charge in [-0.3, -0.25) is 9.78 Å². The van der Waals surface area contributed by atoms with Crippen molar-refractivity contribution in [1.29, 1.82) is 0 Å². The predicted octanol–water partition coefficient (Wildman–Crippen LogP) is 2.63. The normalized spacial score (nSPS) is 10.0. The molecule has 2 nitrogen and oxygen atoms in total. The second kappa shape index (κ2) is 4.75. The molecule has 13 heavy (non-hydrogen) atoms. The second-order valence-electron chi connectivity index (χ2n) is 3.16. The molecule has 1 aromatic heterocycles. The number of pyridine rings is 1. The van der Waals surface area contributed by atoms with Crippen LogP contribution in [-0.2, 0) is 6.42 Å². The smallest absolute Gasteiger partial charge is 0.161 e. The molecule has 0 N–H and O–H groups in total. The Kier molecular flexibility index (Phi) is 3.62. The van der Waals surface area contributed by atoms with Crippen LogP contribution in [0.25, 0.3) is 0 Å². The largest absolute Gasteiger partial charge is 0.294 e. The highest BCUT2D eigenvalue weighted by Gasteiger charge is 2.06. The van der Waals surface area contributed by atoms with Crippen LogP contribution in [0.1, 0.15) is 42.7 Å². The molecular formula is C11H15NO. The van der Waals surface area contributed by atoms with Crippen molar-refractivity contribution >= 4 is 5.78 Å². The van der Waals surface area contributed by atoms with E-state index in [1.165, 1.54) is 0 Å². The van der Waals surface area contributed by atoms with Gasteiger partial charge >= 0.3 is 0 Å². The van der Waals surface area contributed by atoms with Gasteiger partial charge in [0, 0.05) is 11.8 Å². The quantitative estimate of drug-likeness (QED) is 0.662. The van der Waals surface area contributed by atoms with Gasteiger partial charge in [0.1, 0.15) is 0 Å². The number of nitrogens with zero attached hydrogens (tertiary/aromatic N) is 1. The molecule has 0 spiro atoms. The van der Waals surface area contributed by atoms with E-state index in [0.29, 0.717) is 0 Å². The lowest BCUT2D eigenvalue weighted by Gasteiger charge is -2.03. The molecule has 1 heterocycles. The average Bonchev–Trinajstić information content (AvgIpc) is 2.15. The number of rotatable bonds is 4. The standard InChI is InChI=1S/C11H15NO/c1-3-4-7-11-10(9(2)13)6-5-8-12-11/h5-6,8H,3-4,7H2,1-2H3. The van der Waals surface area contributed by atoms with E-state index in [1.807, 2.05) is 12.1 Å². The molecule has 0 atom stereocenters. The molecule has 2 heteroatoms. The molecule has 0 unspecified atom stereocenters. The van der Waals surface area contributed by atoms with E-state index < -0.39 is 0 Å². The number of carbonyl (C=O) groups is 1. The SMILES string of the molecule is CCCCc1ncccc1C(C)=O. The molecule has 0 radical (unpaired) electrons. The van der Waals surface area contributed by atoms with Crippen LogP contribution < -0.4 is 0 Å². The summed E-state index contributed by atoms with van der Waals surface area (Å²) in [5.74, 6) is 0.110. The summed E-state index contributed by atoms with van der Waals surface area (Å²) in [6, 6.07) is 3.66. The maximum absolute atomic E-state index is 11.2. The number of ketones is 1. The van der Waals surface area contributed by atoms with Crippen LogP contribution in [0.4, 0.5) is 0 Å². The van der Waals surface area contributed by atoms with Gasteiger partial charge in [0.05, 0.1) is 5.69 Å². The topological polar surface area (TPSA) is 30.0 Å². The molecule has 0 bridgehead atoms. The molecule has 0 amide bonds. The summed E-state index contributed by atoms with van der Waals surface area (Å²) in [5, 5.41) is 0. The van der Waals surface area contributed by atoms with E-state index in [2.05, 4.69) is 11.9 Å². The molecule has 0 saturated carbocycles. The lowest BCUT2D eigenvalue weighted by atomic mass is 10.1. The Morgan fingerprint density at radius 3 is 2.92 bits per heavy atom. The maximum Gasteiger partial charge on any atom is 0.161 e. The Hall–Kier alpha value is -1.18. The summed E-state index contributed by atoms with van der Waals surface area (Å²) in [6.45, 7) is 3.73. The summed E-state index contributed by atoms with van der Waals surface area (Å²) in [7, 11) is 0. The summed E-state index contributed by atoms with van der Waals surface area (Å²) < 4.78 is 0. The Morgan fingerprint density at radius 1 is 1.54 bits per heavy atom. The molecule has 0 aromatic carbocycles. The van der Waals surface area contributed by atoms with Crippen molar-refractivity contribution < 1.29 is 4.79 Å². The van der Waals surface area contributed by atoms with Crippen LogP contribution in [0.2, 0.25) is 0 Å². The average molecular weight is 177 g/mol. The zero-order valence-electron chi connectivity index (χ0n) is 8.21. The van der Waals surface area contributed by atoms with Gasteiger partial charge in [0.2, 0.25) is 0 Å². The van der Waals surface area contributed by atoms with E-state index in [1.54, 1.807) is 13.1 Å². The van der Waals surface area contributed by atoms with Gasteiger partial charge in [0.25, 0.3) is 0 Å². The first-order valence-electron chi connectivity index (χ1n) is 4.70. The Labute approximate surface area is 79.0 Å².